The molecule has 110 valence electrons. The molecule has 1 aromatic heterocycles. The number of amides is 1. The van der Waals surface area contributed by atoms with Gasteiger partial charge in [-0.2, -0.15) is 0 Å². The molecule has 0 aliphatic heterocycles. The number of nitrogens with one attached hydrogen (secondary N) is 1. The third-order valence-corrected chi connectivity index (χ3v) is 3.26. The van der Waals surface area contributed by atoms with E-state index in [0.717, 1.165) is 11.5 Å². The van der Waals surface area contributed by atoms with E-state index in [1.165, 1.54) is 0 Å². The molecule has 0 aliphatic carbocycles. The van der Waals surface area contributed by atoms with Gasteiger partial charge in [-0.25, -0.2) is 4.79 Å². The van der Waals surface area contributed by atoms with Gasteiger partial charge in [0, 0.05) is 6.42 Å². The first-order valence-electron chi connectivity index (χ1n) is 5.90. The molecule has 0 unspecified atom stereocenters. The molecule has 1 rings (SSSR count). The zero-order valence-electron chi connectivity index (χ0n) is 11.0. The van der Waals surface area contributed by atoms with Gasteiger partial charge in [0.2, 0.25) is 0 Å². The Morgan fingerprint density at radius 2 is 1.95 bits per heavy atom. The second kappa shape index (κ2) is 6.94. The summed E-state index contributed by atoms with van der Waals surface area (Å²) in [4.78, 5) is 33.7. The Morgan fingerprint density at radius 3 is 2.45 bits per heavy atom. The SMILES string of the molecule is CC(C)c1nnsc1C(=O)N[C@@H](CCC(=O)O)C(=O)O. The molecule has 0 aliphatic rings. The first-order valence-corrected chi connectivity index (χ1v) is 6.68. The summed E-state index contributed by atoms with van der Waals surface area (Å²) in [5.41, 5.74) is 0.495. The maximum absolute atomic E-state index is 12.0. The minimum Gasteiger partial charge on any atom is -0.481 e. The van der Waals surface area contributed by atoms with Crippen LogP contribution in [-0.2, 0) is 9.59 Å². The first-order chi connectivity index (χ1) is 9.32. The van der Waals surface area contributed by atoms with Crippen LogP contribution in [0.2, 0.25) is 0 Å². The van der Waals surface area contributed by atoms with Crippen molar-refractivity contribution in [1.82, 2.24) is 14.9 Å². The van der Waals surface area contributed by atoms with Crippen LogP contribution in [0.4, 0.5) is 0 Å². The maximum atomic E-state index is 12.0. The van der Waals surface area contributed by atoms with Crippen molar-refractivity contribution in [3.63, 3.8) is 0 Å². The highest BCUT2D eigenvalue weighted by atomic mass is 32.1. The average molecular weight is 301 g/mol. The first kappa shape index (κ1) is 16.0. The molecular formula is C11H15N3O5S. The lowest BCUT2D eigenvalue weighted by molar-refractivity contribution is -0.140. The van der Waals surface area contributed by atoms with E-state index < -0.39 is 23.9 Å². The van der Waals surface area contributed by atoms with E-state index in [9.17, 15) is 14.4 Å². The molecule has 1 heterocycles. The number of aliphatic carboxylic acids is 2. The molecule has 0 aromatic carbocycles. The Kier molecular flexibility index (Phi) is 5.56. The van der Waals surface area contributed by atoms with Crippen LogP contribution in [0.1, 0.15) is 48.0 Å². The molecule has 9 heteroatoms. The normalized spacial score (nSPS) is 12.2. The van der Waals surface area contributed by atoms with Gasteiger partial charge in [0.05, 0.1) is 5.69 Å². The van der Waals surface area contributed by atoms with Gasteiger partial charge < -0.3 is 15.5 Å². The molecule has 1 atom stereocenters. The highest BCUT2D eigenvalue weighted by molar-refractivity contribution is 7.08. The van der Waals surface area contributed by atoms with Crippen LogP contribution < -0.4 is 5.32 Å². The predicted molar refractivity (Wildman–Crippen MR) is 69.8 cm³/mol. The van der Waals surface area contributed by atoms with Crippen molar-refractivity contribution in [2.45, 2.75) is 38.6 Å². The molecule has 1 amide bonds. The summed E-state index contributed by atoms with van der Waals surface area (Å²) in [6, 6.07) is -1.25. The molecule has 0 spiro atoms. The van der Waals surface area contributed by atoms with E-state index in [1.54, 1.807) is 0 Å². The number of hydrogen-bond donors (Lipinski definition) is 3. The number of hydrogen-bond acceptors (Lipinski definition) is 6. The van der Waals surface area contributed by atoms with Gasteiger partial charge >= 0.3 is 11.9 Å². The summed E-state index contributed by atoms with van der Waals surface area (Å²) in [5, 5.41) is 23.7. The molecule has 0 saturated carbocycles. The van der Waals surface area contributed by atoms with Gasteiger partial charge in [0.1, 0.15) is 10.9 Å². The van der Waals surface area contributed by atoms with Crippen LogP contribution in [0, 0.1) is 0 Å². The highest BCUT2D eigenvalue weighted by Gasteiger charge is 2.25. The fourth-order valence-electron chi connectivity index (χ4n) is 1.48. The summed E-state index contributed by atoms with van der Waals surface area (Å²) < 4.78 is 3.68. The van der Waals surface area contributed by atoms with Crippen molar-refractivity contribution in [2.24, 2.45) is 0 Å². The van der Waals surface area contributed by atoms with Crippen molar-refractivity contribution in [2.75, 3.05) is 0 Å². The quantitative estimate of drug-likeness (QED) is 0.676. The van der Waals surface area contributed by atoms with Gasteiger partial charge in [-0.3, -0.25) is 9.59 Å². The Labute approximate surface area is 119 Å². The standard InChI is InChI=1S/C11H15N3O5S/c1-5(2)8-9(20-14-13-8)10(17)12-6(11(18)19)3-4-7(15)16/h5-6H,3-4H2,1-2H3,(H,12,17)(H,15,16)(H,18,19)/t6-/m0/s1. The molecule has 1 aromatic rings. The summed E-state index contributed by atoms with van der Waals surface area (Å²) in [7, 11) is 0. The van der Waals surface area contributed by atoms with E-state index in [2.05, 4.69) is 14.9 Å². The Balaban J connectivity index is 2.77. The number of carboxylic acid groups (broad SMARTS) is 2. The van der Waals surface area contributed by atoms with Crippen LogP contribution in [0.3, 0.4) is 0 Å². The van der Waals surface area contributed by atoms with Gasteiger partial charge in [0.15, 0.2) is 0 Å². The van der Waals surface area contributed by atoms with Crippen molar-refractivity contribution in [3.8, 4) is 0 Å². The Bertz CT molecular complexity index is 514. The average Bonchev–Trinajstić information content (AvgIpc) is 2.82. The number of rotatable bonds is 7. The van der Waals surface area contributed by atoms with Crippen LogP contribution in [-0.4, -0.2) is 43.7 Å². The van der Waals surface area contributed by atoms with Crippen LogP contribution >= 0.6 is 11.5 Å². The molecule has 20 heavy (non-hydrogen) atoms. The van der Waals surface area contributed by atoms with Gasteiger partial charge in [-0.05, 0) is 23.9 Å². The predicted octanol–water partition coefficient (Wildman–Crippen LogP) is 0.709. The van der Waals surface area contributed by atoms with Crippen LogP contribution in [0.15, 0.2) is 0 Å². The third-order valence-electron chi connectivity index (χ3n) is 2.52. The zero-order valence-corrected chi connectivity index (χ0v) is 11.8. The van der Waals surface area contributed by atoms with Crippen molar-refractivity contribution < 1.29 is 24.6 Å². The molecule has 0 saturated heterocycles. The fourth-order valence-corrected chi connectivity index (χ4v) is 2.20. The minimum atomic E-state index is -1.27. The van der Waals surface area contributed by atoms with E-state index in [0.29, 0.717) is 5.69 Å². The van der Waals surface area contributed by atoms with E-state index >= 15 is 0 Å². The number of carboxylic acids is 2. The number of carbonyl (C=O) groups excluding carboxylic acids is 1. The summed E-state index contributed by atoms with van der Waals surface area (Å²) in [6.45, 7) is 3.68. The monoisotopic (exact) mass is 301 g/mol. The van der Waals surface area contributed by atoms with Crippen molar-refractivity contribution in [1.29, 1.82) is 0 Å². The lowest BCUT2D eigenvalue weighted by Gasteiger charge is -2.13. The van der Waals surface area contributed by atoms with E-state index in [1.807, 2.05) is 13.8 Å². The topological polar surface area (TPSA) is 129 Å². The number of carbonyl (C=O) groups is 3. The fraction of sp³-hybridized carbons (Fsp3) is 0.545. The lowest BCUT2D eigenvalue weighted by Crippen LogP contribution is -2.41. The Hall–Kier alpha value is -2.03. The summed E-state index contributed by atoms with van der Waals surface area (Å²) in [5.74, 6) is -3.01. The van der Waals surface area contributed by atoms with Gasteiger partial charge in [0.25, 0.3) is 5.91 Å². The number of aromatic nitrogens is 2. The smallest absolute Gasteiger partial charge is 0.326 e. The van der Waals surface area contributed by atoms with Gasteiger partial charge in [-0.15, -0.1) is 5.10 Å². The van der Waals surface area contributed by atoms with E-state index in [-0.39, 0.29) is 23.6 Å². The molecule has 0 radical (unpaired) electrons. The molecule has 0 fully saturated rings. The molecule has 8 nitrogen and oxygen atoms in total. The summed E-state index contributed by atoms with van der Waals surface area (Å²) in [6.07, 6.45) is -0.519. The Morgan fingerprint density at radius 1 is 1.30 bits per heavy atom. The van der Waals surface area contributed by atoms with Crippen molar-refractivity contribution in [3.05, 3.63) is 10.6 Å². The van der Waals surface area contributed by atoms with Crippen molar-refractivity contribution >= 4 is 29.4 Å². The second-order valence-electron chi connectivity index (χ2n) is 4.44. The van der Waals surface area contributed by atoms with Gasteiger partial charge in [-0.1, -0.05) is 18.3 Å². The maximum Gasteiger partial charge on any atom is 0.326 e. The summed E-state index contributed by atoms with van der Waals surface area (Å²) >= 11 is 0.882. The van der Waals surface area contributed by atoms with Crippen LogP contribution in [0.25, 0.3) is 0 Å². The third kappa shape index (κ3) is 4.26. The minimum absolute atomic E-state index is 0.0169. The number of nitrogens with zero attached hydrogens (tertiary/aromatic N) is 2. The highest BCUT2D eigenvalue weighted by Crippen LogP contribution is 2.19. The lowest BCUT2D eigenvalue weighted by atomic mass is 10.1. The molecule has 0 bridgehead atoms. The molecule has 3 N–H and O–H groups in total. The second-order valence-corrected chi connectivity index (χ2v) is 5.19. The zero-order chi connectivity index (χ0) is 15.3. The molecular weight excluding hydrogens is 286 g/mol. The largest absolute Gasteiger partial charge is 0.481 e. The van der Waals surface area contributed by atoms with E-state index in [4.69, 9.17) is 10.2 Å². The van der Waals surface area contributed by atoms with Crippen LogP contribution in [0.5, 0.6) is 0 Å².